The number of hydrazone groups is 1. The zero-order valence-electron chi connectivity index (χ0n) is 13.1. The highest BCUT2D eigenvalue weighted by molar-refractivity contribution is 6.30. The highest BCUT2D eigenvalue weighted by atomic mass is 35.5. The summed E-state index contributed by atoms with van der Waals surface area (Å²) in [4.78, 5) is 30.6. The maximum atomic E-state index is 12.0. The number of amides is 1. The minimum atomic E-state index is -0.377. The summed E-state index contributed by atoms with van der Waals surface area (Å²) in [6.07, 6.45) is -0.0775. The molecule has 0 atom stereocenters. The molecule has 0 aliphatic carbocycles. The molecular formula is C16H17ClN4O2. The Balaban J connectivity index is 2.07. The van der Waals surface area contributed by atoms with Crippen molar-refractivity contribution >= 4 is 23.2 Å². The Bertz CT molecular complexity index is 810. The van der Waals surface area contributed by atoms with Crippen LogP contribution in [0.2, 0.25) is 5.02 Å². The highest BCUT2D eigenvalue weighted by Gasteiger charge is 2.11. The van der Waals surface area contributed by atoms with Gasteiger partial charge in [-0.05, 0) is 38.5 Å². The van der Waals surface area contributed by atoms with Crippen LogP contribution >= 0.6 is 11.6 Å². The van der Waals surface area contributed by atoms with Gasteiger partial charge in [-0.2, -0.15) is 5.10 Å². The molecule has 0 fully saturated rings. The van der Waals surface area contributed by atoms with Crippen LogP contribution in [0, 0.1) is 13.8 Å². The Labute approximate surface area is 138 Å². The third-order valence-corrected chi connectivity index (χ3v) is 3.54. The maximum absolute atomic E-state index is 12.0. The van der Waals surface area contributed by atoms with E-state index in [1.165, 1.54) is 0 Å². The van der Waals surface area contributed by atoms with Gasteiger partial charge in [-0.3, -0.25) is 9.59 Å². The summed E-state index contributed by atoms with van der Waals surface area (Å²) < 4.78 is 0. The van der Waals surface area contributed by atoms with Crippen molar-refractivity contribution in [1.82, 2.24) is 15.4 Å². The van der Waals surface area contributed by atoms with Gasteiger partial charge in [0, 0.05) is 16.3 Å². The molecule has 2 N–H and O–H groups in total. The number of aromatic amines is 1. The number of aromatic nitrogens is 2. The number of rotatable bonds is 4. The summed E-state index contributed by atoms with van der Waals surface area (Å²) in [5.74, 6) is 0.144. The van der Waals surface area contributed by atoms with Gasteiger partial charge < -0.3 is 4.98 Å². The van der Waals surface area contributed by atoms with Crippen LogP contribution in [0.4, 0.5) is 0 Å². The topological polar surface area (TPSA) is 87.2 Å². The standard InChI is InChI=1S/C16H17ClN4O2/c1-9(12-4-6-13(17)7-5-12)20-21-15(22)8-14-10(2)18-11(3)19-16(14)23/h4-7H,8H2,1-3H3,(H,21,22)(H,18,19,23)/b20-9+. The molecule has 0 spiro atoms. The first-order valence-electron chi connectivity index (χ1n) is 7.02. The molecule has 2 aromatic rings. The molecule has 1 amide bonds. The zero-order valence-corrected chi connectivity index (χ0v) is 13.9. The Hall–Kier alpha value is -2.47. The summed E-state index contributed by atoms with van der Waals surface area (Å²) >= 11 is 5.83. The summed E-state index contributed by atoms with van der Waals surface area (Å²) in [6, 6.07) is 7.12. The lowest BCUT2D eigenvalue weighted by molar-refractivity contribution is -0.120. The van der Waals surface area contributed by atoms with Crippen LogP contribution in [0.25, 0.3) is 0 Å². The Kier molecular flexibility index (Phi) is 5.28. The quantitative estimate of drug-likeness (QED) is 0.664. The lowest BCUT2D eigenvalue weighted by atomic mass is 10.1. The van der Waals surface area contributed by atoms with Crippen LogP contribution in [-0.4, -0.2) is 21.6 Å². The SMILES string of the molecule is C/C(=N\NC(=O)Cc1c(C)nc(C)[nH]c1=O)c1ccc(Cl)cc1. The van der Waals surface area contributed by atoms with E-state index in [9.17, 15) is 9.59 Å². The fraction of sp³-hybridized carbons (Fsp3) is 0.250. The summed E-state index contributed by atoms with van der Waals surface area (Å²) in [7, 11) is 0. The molecule has 23 heavy (non-hydrogen) atoms. The van der Waals surface area contributed by atoms with Gasteiger partial charge >= 0.3 is 0 Å². The van der Waals surface area contributed by atoms with Gasteiger partial charge in [0.2, 0.25) is 5.91 Å². The molecule has 6 nitrogen and oxygen atoms in total. The normalized spacial score (nSPS) is 11.4. The molecule has 1 aromatic carbocycles. The number of nitrogens with zero attached hydrogens (tertiary/aromatic N) is 2. The number of H-pyrrole nitrogens is 1. The van der Waals surface area contributed by atoms with Crippen molar-refractivity contribution in [3.8, 4) is 0 Å². The van der Waals surface area contributed by atoms with E-state index in [0.717, 1.165) is 5.56 Å². The molecule has 0 bridgehead atoms. The van der Waals surface area contributed by atoms with Gasteiger partial charge in [0.15, 0.2) is 0 Å². The largest absolute Gasteiger partial charge is 0.311 e. The average molecular weight is 333 g/mol. The molecular weight excluding hydrogens is 316 g/mol. The molecule has 0 radical (unpaired) electrons. The molecule has 0 aliphatic rings. The monoisotopic (exact) mass is 332 g/mol. The highest BCUT2D eigenvalue weighted by Crippen LogP contribution is 2.10. The summed E-state index contributed by atoms with van der Waals surface area (Å²) in [5.41, 5.74) is 4.52. The van der Waals surface area contributed by atoms with Crippen LogP contribution in [-0.2, 0) is 11.2 Å². The third-order valence-electron chi connectivity index (χ3n) is 3.29. The van der Waals surface area contributed by atoms with Gasteiger partial charge in [-0.1, -0.05) is 23.7 Å². The zero-order chi connectivity index (χ0) is 17.0. The van der Waals surface area contributed by atoms with E-state index in [1.54, 1.807) is 32.9 Å². The minimum Gasteiger partial charge on any atom is -0.311 e. The van der Waals surface area contributed by atoms with E-state index < -0.39 is 0 Å². The van der Waals surface area contributed by atoms with Crippen LogP contribution in [0.3, 0.4) is 0 Å². The van der Waals surface area contributed by atoms with Crippen molar-refractivity contribution < 1.29 is 4.79 Å². The number of nitrogens with one attached hydrogen (secondary N) is 2. The molecule has 0 saturated heterocycles. The van der Waals surface area contributed by atoms with Crippen molar-refractivity contribution in [3.05, 3.63) is 62.3 Å². The van der Waals surface area contributed by atoms with Gasteiger partial charge in [-0.25, -0.2) is 10.4 Å². The van der Waals surface area contributed by atoms with Crippen molar-refractivity contribution in [2.45, 2.75) is 27.2 Å². The van der Waals surface area contributed by atoms with E-state index >= 15 is 0 Å². The molecule has 1 heterocycles. The van der Waals surface area contributed by atoms with Gasteiger partial charge in [0.1, 0.15) is 5.82 Å². The first-order chi connectivity index (χ1) is 10.9. The number of hydrogen-bond donors (Lipinski definition) is 2. The van der Waals surface area contributed by atoms with Crippen molar-refractivity contribution in [2.75, 3.05) is 0 Å². The molecule has 0 unspecified atom stereocenters. The van der Waals surface area contributed by atoms with Gasteiger partial charge in [0.05, 0.1) is 12.1 Å². The molecule has 1 aromatic heterocycles. The van der Waals surface area contributed by atoms with Crippen molar-refractivity contribution in [3.63, 3.8) is 0 Å². The second kappa shape index (κ2) is 7.19. The Morgan fingerprint density at radius 3 is 2.57 bits per heavy atom. The number of aryl methyl sites for hydroxylation is 2. The number of carbonyl (C=O) groups excluding carboxylic acids is 1. The number of carbonyl (C=O) groups is 1. The van der Waals surface area contributed by atoms with E-state index in [4.69, 9.17) is 11.6 Å². The molecule has 0 aliphatic heterocycles. The summed E-state index contributed by atoms with van der Waals surface area (Å²) in [5, 5.41) is 4.67. The molecule has 7 heteroatoms. The predicted octanol–water partition coefficient (Wildman–Crippen LogP) is 2.12. The van der Waals surface area contributed by atoms with Gasteiger partial charge in [0.25, 0.3) is 5.56 Å². The van der Waals surface area contributed by atoms with E-state index in [2.05, 4.69) is 20.5 Å². The van der Waals surface area contributed by atoms with E-state index in [-0.39, 0.29) is 17.9 Å². The second-order valence-corrected chi connectivity index (χ2v) is 5.57. The van der Waals surface area contributed by atoms with Crippen LogP contribution < -0.4 is 11.0 Å². The number of halogens is 1. The first kappa shape index (κ1) is 16.9. The molecule has 120 valence electrons. The fourth-order valence-electron chi connectivity index (χ4n) is 2.06. The molecule has 2 rings (SSSR count). The van der Waals surface area contributed by atoms with Gasteiger partial charge in [-0.15, -0.1) is 0 Å². The number of benzene rings is 1. The van der Waals surface area contributed by atoms with Crippen LogP contribution in [0.15, 0.2) is 34.2 Å². The van der Waals surface area contributed by atoms with Crippen LogP contribution in [0.1, 0.15) is 29.6 Å². The van der Waals surface area contributed by atoms with Crippen molar-refractivity contribution in [2.24, 2.45) is 5.10 Å². The van der Waals surface area contributed by atoms with Crippen LogP contribution in [0.5, 0.6) is 0 Å². The minimum absolute atomic E-state index is 0.0775. The smallest absolute Gasteiger partial charge is 0.254 e. The third kappa shape index (κ3) is 4.50. The first-order valence-corrected chi connectivity index (χ1v) is 7.40. The second-order valence-electron chi connectivity index (χ2n) is 5.13. The number of hydrogen-bond acceptors (Lipinski definition) is 4. The summed E-state index contributed by atoms with van der Waals surface area (Å²) in [6.45, 7) is 5.17. The Morgan fingerprint density at radius 2 is 1.96 bits per heavy atom. The lowest BCUT2D eigenvalue weighted by Crippen LogP contribution is -2.27. The van der Waals surface area contributed by atoms with Crippen molar-refractivity contribution in [1.29, 1.82) is 0 Å². The van der Waals surface area contributed by atoms with E-state index in [0.29, 0.717) is 27.8 Å². The van der Waals surface area contributed by atoms with E-state index in [1.807, 2.05) is 12.1 Å². The fourth-order valence-corrected chi connectivity index (χ4v) is 2.19. The predicted molar refractivity (Wildman–Crippen MR) is 89.8 cm³/mol. The average Bonchev–Trinajstić information content (AvgIpc) is 2.49. The Morgan fingerprint density at radius 1 is 1.30 bits per heavy atom. The molecule has 0 saturated carbocycles. The lowest BCUT2D eigenvalue weighted by Gasteiger charge is -2.05. The maximum Gasteiger partial charge on any atom is 0.254 e.